The van der Waals surface area contributed by atoms with Crippen LogP contribution < -0.4 is 25.4 Å². The Bertz CT molecular complexity index is 1010. The Morgan fingerprint density at radius 2 is 1.68 bits per heavy atom. The zero-order chi connectivity index (χ0) is 33.3. The van der Waals surface area contributed by atoms with E-state index in [0.717, 1.165) is 12.0 Å². The zero-order valence-corrected chi connectivity index (χ0v) is 28.3. The minimum absolute atomic E-state index is 0.0770. The molecule has 0 saturated heterocycles. The van der Waals surface area contributed by atoms with Crippen LogP contribution in [0, 0.1) is 17.8 Å². The first-order chi connectivity index (χ1) is 20.7. The fourth-order valence-electron chi connectivity index (χ4n) is 4.73. The molecule has 3 amide bonds. The molecule has 1 aromatic carbocycles. The maximum absolute atomic E-state index is 12.8. The number of aliphatic hydroxyl groups is 1. The number of carbonyl (C=O) groups excluding carboxylic acids is 3. The van der Waals surface area contributed by atoms with Gasteiger partial charge in [-0.1, -0.05) is 26.8 Å². The summed E-state index contributed by atoms with van der Waals surface area (Å²) in [6.45, 7) is 12.8. The van der Waals surface area contributed by atoms with Gasteiger partial charge in [0.15, 0.2) is 11.5 Å². The van der Waals surface area contributed by atoms with Crippen molar-refractivity contribution in [2.75, 3.05) is 41.0 Å². The van der Waals surface area contributed by atoms with Crippen LogP contribution in [-0.2, 0) is 25.5 Å². The van der Waals surface area contributed by atoms with Crippen LogP contribution in [-0.4, -0.2) is 81.8 Å². The number of benzene rings is 1. The van der Waals surface area contributed by atoms with Gasteiger partial charge in [0.25, 0.3) is 0 Å². The minimum atomic E-state index is -0.995. The normalized spacial score (nSPS) is 14.2. The van der Waals surface area contributed by atoms with Crippen molar-refractivity contribution in [1.29, 1.82) is 0 Å². The smallest absolute Gasteiger partial charge is 0.407 e. The largest absolute Gasteiger partial charge is 0.493 e. The summed E-state index contributed by atoms with van der Waals surface area (Å²) >= 11 is 0. The molecule has 4 atom stereocenters. The van der Waals surface area contributed by atoms with Gasteiger partial charge in [0.2, 0.25) is 11.8 Å². The van der Waals surface area contributed by atoms with Gasteiger partial charge >= 0.3 is 6.09 Å². The van der Waals surface area contributed by atoms with Gasteiger partial charge in [-0.25, -0.2) is 4.79 Å². The Morgan fingerprint density at radius 3 is 2.27 bits per heavy atom. The second kappa shape index (κ2) is 20.1. The molecule has 0 saturated carbocycles. The van der Waals surface area contributed by atoms with Crippen LogP contribution in [0.1, 0.15) is 79.2 Å². The number of alkyl carbamates (subject to hydrolysis) is 1. The quantitative estimate of drug-likeness (QED) is 0.158. The Balaban J connectivity index is 3.06. The van der Waals surface area contributed by atoms with Crippen molar-refractivity contribution >= 4 is 17.9 Å². The molecule has 44 heavy (non-hydrogen) atoms. The number of methoxy groups -OCH3 is 2. The van der Waals surface area contributed by atoms with Gasteiger partial charge < -0.3 is 40.0 Å². The second-order valence-electron chi connectivity index (χ2n) is 12.6. The Hall–Kier alpha value is -3.05. The van der Waals surface area contributed by atoms with Crippen LogP contribution in [0.3, 0.4) is 0 Å². The standard InChI is InChI=1S/C33H57N3O8/c1-22(2)25(19-24-13-14-28(42-9)29(20-24)43-17-11-16-41-8)21-26(36-32(40)44-33(4,5)6)27(37)18-23(3)31(39)35-15-10-12-30(38)34-7/h13-14,20,22-23,25-27,37H,10-12,15-19,21H2,1-9H3,(H,34,38)(H,35,39)(H,36,40). The van der Waals surface area contributed by atoms with E-state index in [1.54, 1.807) is 49.0 Å². The van der Waals surface area contributed by atoms with Crippen LogP contribution in [0.25, 0.3) is 0 Å². The van der Waals surface area contributed by atoms with Crippen molar-refractivity contribution < 1.29 is 38.4 Å². The van der Waals surface area contributed by atoms with E-state index >= 15 is 0 Å². The maximum Gasteiger partial charge on any atom is 0.407 e. The molecule has 0 spiro atoms. The van der Waals surface area contributed by atoms with E-state index < -0.39 is 29.8 Å². The number of amides is 3. The van der Waals surface area contributed by atoms with Crippen LogP contribution in [0.15, 0.2) is 18.2 Å². The number of hydrogen-bond donors (Lipinski definition) is 4. The molecule has 0 radical (unpaired) electrons. The first kappa shape index (κ1) is 39.0. The predicted octanol–water partition coefficient (Wildman–Crippen LogP) is 4.24. The van der Waals surface area contributed by atoms with Gasteiger partial charge in [-0.15, -0.1) is 0 Å². The van der Waals surface area contributed by atoms with Crippen molar-refractivity contribution in [2.45, 2.75) is 97.8 Å². The molecule has 11 heteroatoms. The molecule has 11 nitrogen and oxygen atoms in total. The zero-order valence-electron chi connectivity index (χ0n) is 28.3. The highest BCUT2D eigenvalue weighted by Crippen LogP contribution is 2.32. The lowest BCUT2D eigenvalue weighted by atomic mass is 9.82. The fraction of sp³-hybridized carbons (Fsp3) is 0.727. The van der Waals surface area contributed by atoms with Gasteiger partial charge in [-0.05, 0) is 76.0 Å². The minimum Gasteiger partial charge on any atom is -0.493 e. The highest BCUT2D eigenvalue weighted by Gasteiger charge is 2.31. The Morgan fingerprint density at radius 1 is 0.977 bits per heavy atom. The van der Waals surface area contributed by atoms with E-state index in [0.29, 0.717) is 56.9 Å². The average Bonchev–Trinajstić information content (AvgIpc) is 2.95. The van der Waals surface area contributed by atoms with Crippen LogP contribution in [0.2, 0.25) is 0 Å². The molecule has 4 N–H and O–H groups in total. The molecule has 4 unspecified atom stereocenters. The summed E-state index contributed by atoms with van der Waals surface area (Å²) < 4.78 is 22.1. The molecule has 0 bridgehead atoms. The van der Waals surface area contributed by atoms with Crippen molar-refractivity contribution in [3.8, 4) is 11.5 Å². The number of ether oxygens (including phenoxy) is 4. The van der Waals surface area contributed by atoms with Crippen LogP contribution >= 0.6 is 0 Å². The summed E-state index contributed by atoms with van der Waals surface area (Å²) in [6, 6.07) is 5.21. The summed E-state index contributed by atoms with van der Waals surface area (Å²) in [5, 5.41) is 19.6. The number of rotatable bonds is 20. The van der Waals surface area contributed by atoms with Crippen LogP contribution in [0.4, 0.5) is 4.79 Å². The van der Waals surface area contributed by atoms with Gasteiger partial charge in [0, 0.05) is 46.1 Å². The van der Waals surface area contributed by atoms with Gasteiger partial charge in [-0.2, -0.15) is 0 Å². The van der Waals surface area contributed by atoms with E-state index in [2.05, 4.69) is 29.8 Å². The lowest BCUT2D eigenvalue weighted by Crippen LogP contribution is -2.48. The van der Waals surface area contributed by atoms with E-state index in [1.165, 1.54) is 0 Å². The van der Waals surface area contributed by atoms with Gasteiger partial charge in [0.05, 0.1) is 25.9 Å². The van der Waals surface area contributed by atoms with Crippen molar-refractivity contribution in [2.24, 2.45) is 17.8 Å². The SMILES string of the molecule is CNC(=O)CCCNC(=O)C(C)CC(O)C(CC(Cc1ccc(OC)c(OCCCOC)c1)C(C)C)NC(=O)OC(C)(C)C. The first-order valence-corrected chi connectivity index (χ1v) is 15.6. The van der Waals surface area contributed by atoms with E-state index in [1.807, 2.05) is 18.2 Å². The molecule has 252 valence electrons. The highest BCUT2D eigenvalue weighted by atomic mass is 16.6. The summed E-state index contributed by atoms with van der Waals surface area (Å²) in [7, 11) is 4.83. The molecular weight excluding hydrogens is 566 g/mol. The predicted molar refractivity (Wildman–Crippen MR) is 171 cm³/mol. The van der Waals surface area contributed by atoms with Crippen molar-refractivity contribution in [3.05, 3.63) is 23.8 Å². The molecule has 0 aliphatic heterocycles. The van der Waals surface area contributed by atoms with Gasteiger partial charge in [0.1, 0.15) is 5.60 Å². The lowest BCUT2D eigenvalue weighted by molar-refractivity contribution is -0.126. The third-order valence-electron chi connectivity index (χ3n) is 7.34. The van der Waals surface area contributed by atoms with Gasteiger partial charge in [-0.3, -0.25) is 9.59 Å². The fourth-order valence-corrected chi connectivity index (χ4v) is 4.73. The summed E-state index contributed by atoms with van der Waals surface area (Å²) in [5.74, 6) is 0.792. The third-order valence-corrected chi connectivity index (χ3v) is 7.34. The average molecular weight is 624 g/mol. The number of carbonyl (C=O) groups is 3. The lowest BCUT2D eigenvalue weighted by Gasteiger charge is -2.32. The third kappa shape index (κ3) is 15.6. The molecule has 0 fully saturated rings. The van der Waals surface area contributed by atoms with E-state index in [-0.39, 0.29) is 30.1 Å². The first-order valence-electron chi connectivity index (χ1n) is 15.6. The molecule has 1 aromatic rings. The molecular formula is C33H57N3O8. The summed E-state index contributed by atoms with van der Waals surface area (Å²) in [6.07, 6.45) is 1.27. The molecule has 1 rings (SSSR count). The Labute approximate surface area is 264 Å². The number of nitrogens with one attached hydrogen (secondary N) is 3. The van der Waals surface area contributed by atoms with Crippen molar-refractivity contribution in [3.63, 3.8) is 0 Å². The van der Waals surface area contributed by atoms with Crippen molar-refractivity contribution in [1.82, 2.24) is 16.0 Å². The molecule has 0 aliphatic rings. The second-order valence-corrected chi connectivity index (χ2v) is 12.6. The Kier molecular flexibility index (Phi) is 17.8. The number of aliphatic hydroxyl groups excluding tert-OH is 1. The monoisotopic (exact) mass is 623 g/mol. The summed E-state index contributed by atoms with van der Waals surface area (Å²) in [4.78, 5) is 37.0. The molecule has 0 aromatic heterocycles. The highest BCUT2D eigenvalue weighted by molar-refractivity contribution is 5.78. The summed E-state index contributed by atoms with van der Waals surface area (Å²) in [5.41, 5.74) is 0.336. The topological polar surface area (TPSA) is 144 Å². The van der Waals surface area contributed by atoms with E-state index in [4.69, 9.17) is 18.9 Å². The maximum atomic E-state index is 12.8. The molecule has 0 heterocycles. The van der Waals surface area contributed by atoms with Crippen LogP contribution in [0.5, 0.6) is 11.5 Å². The van der Waals surface area contributed by atoms with E-state index in [9.17, 15) is 19.5 Å². The number of hydrogen-bond acceptors (Lipinski definition) is 8. The molecule has 0 aliphatic carbocycles.